The van der Waals surface area contributed by atoms with E-state index in [9.17, 15) is 4.39 Å². The number of H-pyrrole nitrogens is 1. The Hall–Kier alpha value is -1.41. The first-order valence-corrected chi connectivity index (χ1v) is 4.25. The largest absolute Gasteiger partial charge is 0.332 e. The van der Waals surface area contributed by atoms with Crippen LogP contribution >= 0.6 is 15.9 Å². The number of nitriles is 1. The van der Waals surface area contributed by atoms with Crippen molar-refractivity contribution >= 4 is 27.0 Å². The van der Waals surface area contributed by atoms with Gasteiger partial charge >= 0.3 is 0 Å². The van der Waals surface area contributed by atoms with Gasteiger partial charge in [-0.3, -0.25) is 0 Å². The molecule has 1 aromatic carbocycles. The molecule has 0 amide bonds. The van der Waals surface area contributed by atoms with E-state index in [2.05, 4.69) is 25.9 Å². The molecule has 0 aliphatic carbocycles. The standard InChI is InChI=1S/C8H3BrFN3/c9-8-12-6-2-1-5(10)4(3-11)7(6)13-8/h1-2H,(H,12,13). The molecule has 1 aromatic heterocycles. The van der Waals surface area contributed by atoms with Gasteiger partial charge in [0, 0.05) is 0 Å². The average molecular weight is 240 g/mol. The zero-order valence-corrected chi connectivity index (χ0v) is 7.89. The van der Waals surface area contributed by atoms with Crippen molar-refractivity contribution in [2.75, 3.05) is 0 Å². The molecule has 0 bridgehead atoms. The summed E-state index contributed by atoms with van der Waals surface area (Å²) in [7, 11) is 0. The number of fused-ring (bicyclic) bond motifs is 1. The van der Waals surface area contributed by atoms with Gasteiger partial charge in [-0.2, -0.15) is 5.26 Å². The Morgan fingerprint density at radius 3 is 3.00 bits per heavy atom. The van der Waals surface area contributed by atoms with Gasteiger partial charge in [-0.05, 0) is 28.1 Å². The number of nitrogens with zero attached hydrogens (tertiary/aromatic N) is 2. The van der Waals surface area contributed by atoms with Gasteiger partial charge < -0.3 is 4.98 Å². The summed E-state index contributed by atoms with van der Waals surface area (Å²) in [6.07, 6.45) is 0. The van der Waals surface area contributed by atoms with Crippen molar-refractivity contribution in [1.29, 1.82) is 5.26 Å². The highest BCUT2D eigenvalue weighted by Gasteiger charge is 2.10. The SMILES string of the molecule is N#Cc1c(F)ccc2[nH]c(Br)nc12. The predicted octanol–water partition coefficient (Wildman–Crippen LogP) is 2.34. The van der Waals surface area contributed by atoms with Crippen molar-refractivity contribution in [3.8, 4) is 6.07 Å². The summed E-state index contributed by atoms with van der Waals surface area (Å²) >= 11 is 3.11. The van der Waals surface area contributed by atoms with Crippen LogP contribution in [-0.2, 0) is 0 Å². The molecule has 0 fully saturated rings. The summed E-state index contributed by atoms with van der Waals surface area (Å²) < 4.78 is 13.5. The van der Waals surface area contributed by atoms with Crippen molar-refractivity contribution in [2.45, 2.75) is 0 Å². The third-order valence-electron chi connectivity index (χ3n) is 1.69. The van der Waals surface area contributed by atoms with Crippen LogP contribution in [0.3, 0.4) is 0 Å². The molecule has 64 valence electrons. The molecule has 2 rings (SSSR count). The Morgan fingerprint density at radius 2 is 2.31 bits per heavy atom. The van der Waals surface area contributed by atoms with Gasteiger partial charge in [-0.15, -0.1) is 0 Å². The summed E-state index contributed by atoms with van der Waals surface area (Å²) in [5.41, 5.74) is 0.971. The topological polar surface area (TPSA) is 52.5 Å². The van der Waals surface area contributed by atoms with Gasteiger partial charge in [-0.1, -0.05) is 0 Å². The highest BCUT2D eigenvalue weighted by molar-refractivity contribution is 9.10. The number of halogens is 2. The van der Waals surface area contributed by atoms with E-state index in [4.69, 9.17) is 5.26 Å². The maximum Gasteiger partial charge on any atom is 0.175 e. The van der Waals surface area contributed by atoms with Crippen LogP contribution < -0.4 is 0 Å². The Kier molecular flexibility index (Phi) is 1.78. The Morgan fingerprint density at radius 1 is 1.54 bits per heavy atom. The number of rotatable bonds is 0. The lowest BCUT2D eigenvalue weighted by Crippen LogP contribution is -1.84. The second kappa shape index (κ2) is 2.82. The zero-order chi connectivity index (χ0) is 9.42. The van der Waals surface area contributed by atoms with E-state index in [-0.39, 0.29) is 5.56 Å². The van der Waals surface area contributed by atoms with Gasteiger partial charge in [0.25, 0.3) is 0 Å². The highest BCUT2D eigenvalue weighted by atomic mass is 79.9. The minimum Gasteiger partial charge on any atom is -0.332 e. The fraction of sp³-hybridized carbons (Fsp3) is 0. The molecule has 1 N–H and O–H groups in total. The molecule has 1 heterocycles. The third kappa shape index (κ3) is 1.19. The lowest BCUT2D eigenvalue weighted by Gasteiger charge is -1.92. The molecule has 0 saturated carbocycles. The maximum atomic E-state index is 13.0. The number of aromatic nitrogens is 2. The molecule has 2 aromatic rings. The lowest BCUT2D eigenvalue weighted by atomic mass is 10.2. The number of hydrogen-bond acceptors (Lipinski definition) is 2. The fourth-order valence-electron chi connectivity index (χ4n) is 1.13. The van der Waals surface area contributed by atoms with Gasteiger partial charge in [0.1, 0.15) is 23.0 Å². The van der Waals surface area contributed by atoms with Crippen molar-refractivity contribution in [1.82, 2.24) is 9.97 Å². The van der Waals surface area contributed by atoms with Crippen LogP contribution in [0.4, 0.5) is 4.39 Å². The van der Waals surface area contributed by atoms with E-state index in [0.717, 1.165) is 0 Å². The van der Waals surface area contributed by atoms with E-state index >= 15 is 0 Å². The summed E-state index contributed by atoms with van der Waals surface area (Å²) in [5.74, 6) is -0.547. The molecule has 0 atom stereocenters. The Labute approximate surface area is 81.3 Å². The summed E-state index contributed by atoms with van der Waals surface area (Å²) in [4.78, 5) is 6.79. The Balaban J connectivity index is 2.93. The molecule has 5 heteroatoms. The quantitative estimate of drug-likeness (QED) is 0.768. The number of aromatic amines is 1. The van der Waals surface area contributed by atoms with Gasteiger partial charge in [0.2, 0.25) is 0 Å². The first-order valence-electron chi connectivity index (χ1n) is 3.46. The lowest BCUT2D eigenvalue weighted by molar-refractivity contribution is 0.625. The molecular formula is C8H3BrFN3. The molecule has 0 aliphatic rings. The van der Waals surface area contributed by atoms with Crippen LogP contribution in [0.25, 0.3) is 11.0 Å². The van der Waals surface area contributed by atoms with Crippen LogP contribution in [-0.4, -0.2) is 9.97 Å². The molecule has 13 heavy (non-hydrogen) atoms. The normalized spacial score (nSPS) is 10.2. The first-order chi connectivity index (χ1) is 6.22. The summed E-state index contributed by atoms with van der Waals surface area (Å²) in [6, 6.07) is 4.56. The molecule has 0 unspecified atom stereocenters. The van der Waals surface area contributed by atoms with Crippen molar-refractivity contribution in [3.63, 3.8) is 0 Å². The van der Waals surface area contributed by atoms with Gasteiger partial charge in [0.05, 0.1) is 5.52 Å². The van der Waals surface area contributed by atoms with Crippen molar-refractivity contribution in [2.24, 2.45) is 0 Å². The monoisotopic (exact) mass is 239 g/mol. The molecular weight excluding hydrogens is 237 g/mol. The van der Waals surface area contributed by atoms with E-state index < -0.39 is 5.82 Å². The third-order valence-corrected chi connectivity index (χ3v) is 2.06. The van der Waals surface area contributed by atoms with E-state index in [1.54, 1.807) is 12.1 Å². The van der Waals surface area contributed by atoms with Gasteiger partial charge in [0.15, 0.2) is 4.73 Å². The molecule has 0 radical (unpaired) electrons. The van der Waals surface area contributed by atoms with Crippen molar-refractivity contribution in [3.05, 3.63) is 28.2 Å². The highest BCUT2D eigenvalue weighted by Crippen LogP contribution is 2.20. The van der Waals surface area contributed by atoms with E-state index in [0.29, 0.717) is 15.8 Å². The second-order valence-corrected chi connectivity index (χ2v) is 3.21. The fourth-order valence-corrected chi connectivity index (χ4v) is 1.52. The molecule has 3 nitrogen and oxygen atoms in total. The number of nitrogens with one attached hydrogen (secondary N) is 1. The minimum atomic E-state index is -0.547. The second-order valence-electron chi connectivity index (χ2n) is 2.46. The van der Waals surface area contributed by atoms with Crippen LogP contribution in [0.1, 0.15) is 5.56 Å². The minimum absolute atomic E-state index is 0.0283. The molecule has 0 spiro atoms. The number of hydrogen-bond donors (Lipinski definition) is 1. The van der Waals surface area contributed by atoms with E-state index in [1.165, 1.54) is 6.07 Å². The van der Waals surface area contributed by atoms with Gasteiger partial charge in [-0.25, -0.2) is 9.37 Å². The average Bonchev–Trinajstić information content (AvgIpc) is 2.45. The maximum absolute atomic E-state index is 13.0. The van der Waals surface area contributed by atoms with Crippen LogP contribution in [0.5, 0.6) is 0 Å². The van der Waals surface area contributed by atoms with Crippen molar-refractivity contribution < 1.29 is 4.39 Å². The smallest absolute Gasteiger partial charge is 0.175 e. The van der Waals surface area contributed by atoms with Crippen LogP contribution in [0.15, 0.2) is 16.9 Å². The van der Waals surface area contributed by atoms with Crippen LogP contribution in [0, 0.1) is 17.1 Å². The predicted molar refractivity (Wildman–Crippen MR) is 48.5 cm³/mol. The molecule has 0 aliphatic heterocycles. The number of imidazole rings is 1. The molecule has 0 saturated heterocycles. The van der Waals surface area contributed by atoms with Crippen LogP contribution in [0.2, 0.25) is 0 Å². The summed E-state index contributed by atoms with van der Waals surface area (Å²) in [5, 5.41) is 8.67. The van der Waals surface area contributed by atoms with E-state index in [1.807, 2.05) is 0 Å². The summed E-state index contributed by atoms with van der Waals surface area (Å²) in [6.45, 7) is 0. The number of benzene rings is 1. The first kappa shape index (κ1) is 8.20. The Bertz CT molecular complexity index is 512. The zero-order valence-electron chi connectivity index (χ0n) is 6.31.